The quantitative estimate of drug-likeness (QED) is 0.120. The molecule has 11 nitrogen and oxygen atoms in total. The number of thioether (sulfide) groups is 2. The van der Waals surface area contributed by atoms with Gasteiger partial charge in [-0.15, -0.1) is 34.9 Å². The summed E-state index contributed by atoms with van der Waals surface area (Å²) in [6, 6.07) is 2.93. The second kappa shape index (κ2) is 12.3. The predicted octanol–water partition coefficient (Wildman–Crippen LogP) is 2.48. The summed E-state index contributed by atoms with van der Waals surface area (Å²) in [5.41, 5.74) is 8.19. The van der Waals surface area contributed by atoms with Gasteiger partial charge in [0, 0.05) is 28.8 Å². The van der Waals surface area contributed by atoms with Gasteiger partial charge in [0.1, 0.15) is 29.4 Å². The third-order valence-electron chi connectivity index (χ3n) is 5.41. The molecule has 0 bridgehead atoms. The van der Waals surface area contributed by atoms with E-state index in [0.29, 0.717) is 17.1 Å². The lowest BCUT2D eigenvalue weighted by molar-refractivity contribution is -0.150. The van der Waals surface area contributed by atoms with Crippen molar-refractivity contribution in [3.63, 3.8) is 0 Å². The molecule has 2 atom stereocenters. The lowest BCUT2D eigenvalue weighted by atomic mass is 10.0. The molecule has 2 aromatic heterocycles. The van der Waals surface area contributed by atoms with Crippen LogP contribution in [0.25, 0.3) is 6.08 Å². The van der Waals surface area contributed by atoms with Crippen molar-refractivity contribution in [3.05, 3.63) is 70.0 Å². The standard InChI is InChI=1S/C24H24N6O5S3/c1-3-7-35-29-17(16-12-38-24(25)27-16)20(31)28-18-21(32)30-19(23(33)34)15(11-37-22(18)30)10-36-8-6-14-5-4-13(2)26-9-14/h3-6,8-9,12,18,22H,1,7,10-11H2,2H3,(H2,25,27)(H,28,31)(H,33,34)/b8-6-,29-17?/t18?,22-/m1/s1. The summed E-state index contributed by atoms with van der Waals surface area (Å²) in [5.74, 6) is -1.58. The first-order chi connectivity index (χ1) is 18.3. The number of amides is 2. The normalized spacial score (nSPS) is 19.2. The Kier molecular flexibility index (Phi) is 8.86. The molecule has 2 amide bonds. The van der Waals surface area contributed by atoms with Gasteiger partial charge in [-0.25, -0.2) is 9.78 Å². The Morgan fingerprint density at radius 3 is 2.92 bits per heavy atom. The zero-order valence-electron chi connectivity index (χ0n) is 20.2. The number of nitrogen functional groups attached to an aromatic ring is 1. The van der Waals surface area contributed by atoms with Gasteiger partial charge in [0.05, 0.1) is 0 Å². The van der Waals surface area contributed by atoms with Crippen LogP contribution in [0.4, 0.5) is 5.13 Å². The highest BCUT2D eigenvalue weighted by Crippen LogP contribution is 2.41. The number of aryl methyl sites for hydroxylation is 1. The van der Waals surface area contributed by atoms with Crippen LogP contribution in [0.1, 0.15) is 17.0 Å². The minimum atomic E-state index is -1.19. The van der Waals surface area contributed by atoms with Gasteiger partial charge in [-0.05, 0) is 35.6 Å². The third-order valence-corrected chi connectivity index (χ3v) is 8.27. The average molecular weight is 573 g/mol. The Bertz CT molecular complexity index is 1340. The molecule has 0 saturated carbocycles. The van der Waals surface area contributed by atoms with Gasteiger partial charge in [-0.3, -0.25) is 19.5 Å². The van der Waals surface area contributed by atoms with Crippen LogP contribution in [0.2, 0.25) is 0 Å². The van der Waals surface area contributed by atoms with Gasteiger partial charge < -0.3 is 21.0 Å². The topological polar surface area (TPSA) is 160 Å². The molecule has 198 valence electrons. The molecule has 4 N–H and O–H groups in total. The van der Waals surface area contributed by atoms with E-state index in [2.05, 4.69) is 27.0 Å². The summed E-state index contributed by atoms with van der Waals surface area (Å²) in [6.45, 7) is 5.50. The first kappa shape index (κ1) is 27.4. The maximum absolute atomic E-state index is 13.0. The van der Waals surface area contributed by atoms with E-state index in [1.165, 1.54) is 34.5 Å². The fourth-order valence-electron chi connectivity index (χ4n) is 3.61. The fourth-order valence-corrected chi connectivity index (χ4v) is 6.43. The molecule has 2 aliphatic rings. The number of carboxylic acid groups (broad SMARTS) is 1. The molecule has 4 rings (SSSR count). The number of pyridine rings is 1. The molecule has 2 aliphatic heterocycles. The number of hydrogen-bond donors (Lipinski definition) is 3. The van der Waals surface area contributed by atoms with E-state index >= 15 is 0 Å². The molecule has 1 saturated heterocycles. The van der Waals surface area contributed by atoms with E-state index in [4.69, 9.17) is 10.6 Å². The van der Waals surface area contributed by atoms with Crippen molar-refractivity contribution in [2.75, 3.05) is 23.8 Å². The average Bonchev–Trinajstić information content (AvgIpc) is 3.33. The van der Waals surface area contributed by atoms with E-state index in [0.717, 1.165) is 22.6 Å². The van der Waals surface area contributed by atoms with Crippen molar-refractivity contribution in [3.8, 4) is 0 Å². The van der Waals surface area contributed by atoms with Gasteiger partial charge in [0.15, 0.2) is 10.8 Å². The summed E-state index contributed by atoms with van der Waals surface area (Å²) in [7, 11) is 0. The molecule has 14 heteroatoms. The van der Waals surface area contributed by atoms with Crippen LogP contribution in [0, 0.1) is 6.92 Å². The van der Waals surface area contributed by atoms with E-state index in [1.807, 2.05) is 30.5 Å². The molecule has 4 heterocycles. The number of carbonyl (C=O) groups excluding carboxylic acids is 2. The smallest absolute Gasteiger partial charge is 0.352 e. The summed E-state index contributed by atoms with van der Waals surface area (Å²) in [6.07, 6.45) is 5.12. The van der Waals surface area contributed by atoms with Crippen LogP contribution in [0.5, 0.6) is 0 Å². The van der Waals surface area contributed by atoms with Crippen molar-refractivity contribution in [1.82, 2.24) is 20.2 Å². The van der Waals surface area contributed by atoms with Crippen LogP contribution in [-0.4, -0.2) is 73.0 Å². The zero-order valence-corrected chi connectivity index (χ0v) is 22.6. The van der Waals surface area contributed by atoms with Gasteiger partial charge in [-0.1, -0.05) is 23.9 Å². The second-order valence-corrected chi connectivity index (χ2v) is 10.9. The Labute approximate surface area is 230 Å². The van der Waals surface area contributed by atoms with E-state index < -0.39 is 29.2 Å². The number of anilines is 1. The Morgan fingerprint density at radius 2 is 2.26 bits per heavy atom. The summed E-state index contributed by atoms with van der Waals surface area (Å²) in [5, 5.41) is 19.5. The number of carboxylic acids is 1. The molecule has 0 aliphatic carbocycles. The van der Waals surface area contributed by atoms with Crippen LogP contribution >= 0.6 is 34.9 Å². The predicted molar refractivity (Wildman–Crippen MR) is 149 cm³/mol. The highest BCUT2D eigenvalue weighted by atomic mass is 32.2. The van der Waals surface area contributed by atoms with Crippen molar-refractivity contribution >= 4 is 69.6 Å². The number of carbonyl (C=O) groups is 3. The molecular weight excluding hydrogens is 549 g/mol. The maximum atomic E-state index is 13.0. The number of oxime groups is 1. The first-order valence-electron chi connectivity index (χ1n) is 11.2. The van der Waals surface area contributed by atoms with E-state index in [9.17, 15) is 19.5 Å². The molecule has 2 aromatic rings. The molecule has 1 fully saturated rings. The van der Waals surface area contributed by atoms with Crippen LogP contribution in [0.3, 0.4) is 0 Å². The van der Waals surface area contributed by atoms with Crippen LogP contribution < -0.4 is 11.1 Å². The number of nitrogens with zero attached hydrogens (tertiary/aromatic N) is 4. The molecule has 1 unspecified atom stereocenters. The van der Waals surface area contributed by atoms with Crippen molar-refractivity contribution in [2.45, 2.75) is 18.3 Å². The van der Waals surface area contributed by atoms with Gasteiger partial charge in [-0.2, -0.15) is 0 Å². The Morgan fingerprint density at radius 1 is 1.45 bits per heavy atom. The lowest BCUT2D eigenvalue weighted by Gasteiger charge is -2.49. The molecule has 0 aromatic carbocycles. The number of hydrogen-bond acceptors (Lipinski definition) is 11. The van der Waals surface area contributed by atoms with Gasteiger partial charge in [0.25, 0.3) is 11.8 Å². The molecular formula is C24H24N6O5S3. The first-order valence-corrected chi connectivity index (χ1v) is 14.2. The van der Waals surface area contributed by atoms with Crippen molar-refractivity contribution < 1.29 is 24.3 Å². The zero-order chi connectivity index (χ0) is 27.2. The van der Waals surface area contributed by atoms with Crippen molar-refractivity contribution in [2.24, 2.45) is 5.16 Å². The Hall–Kier alpha value is -3.62. The van der Waals surface area contributed by atoms with Crippen LogP contribution in [-0.2, 0) is 19.2 Å². The third kappa shape index (κ3) is 6.09. The molecule has 0 spiro atoms. The minimum Gasteiger partial charge on any atom is -0.477 e. The lowest BCUT2D eigenvalue weighted by Crippen LogP contribution is -2.71. The number of β-lactam (4-membered cyclic amide) rings is 1. The number of nitrogens with two attached hydrogens (primary N) is 1. The Balaban J connectivity index is 1.44. The summed E-state index contributed by atoms with van der Waals surface area (Å²) < 4.78 is 0. The maximum Gasteiger partial charge on any atom is 0.352 e. The van der Waals surface area contributed by atoms with E-state index in [-0.39, 0.29) is 28.8 Å². The number of thiazole rings is 1. The summed E-state index contributed by atoms with van der Waals surface area (Å²) >= 11 is 3.95. The number of fused-ring (bicyclic) bond motifs is 1. The molecule has 38 heavy (non-hydrogen) atoms. The number of aromatic nitrogens is 2. The molecule has 0 radical (unpaired) electrons. The SMILES string of the molecule is C=CCON=C(C(=O)NC1C(=O)N2C(C(=O)O)=C(CS/C=C\c3ccc(C)nc3)CS[C@H]12)c1csc(N)n1. The van der Waals surface area contributed by atoms with Gasteiger partial charge in [0.2, 0.25) is 0 Å². The highest BCUT2D eigenvalue weighted by Gasteiger charge is 2.54. The highest BCUT2D eigenvalue weighted by molar-refractivity contribution is 8.02. The van der Waals surface area contributed by atoms with Crippen LogP contribution in [0.15, 0.2) is 58.2 Å². The number of rotatable bonds is 11. The number of aliphatic carboxylic acids is 1. The largest absolute Gasteiger partial charge is 0.477 e. The fraction of sp³-hybridized carbons (Fsp3) is 0.250. The van der Waals surface area contributed by atoms with Gasteiger partial charge >= 0.3 is 5.97 Å². The minimum absolute atomic E-state index is 0.0439. The van der Waals surface area contributed by atoms with E-state index in [1.54, 1.807) is 11.6 Å². The summed E-state index contributed by atoms with van der Waals surface area (Å²) in [4.78, 5) is 52.8. The van der Waals surface area contributed by atoms with Crippen molar-refractivity contribution in [1.29, 1.82) is 0 Å². The monoisotopic (exact) mass is 572 g/mol. The second-order valence-electron chi connectivity index (χ2n) is 8.06. The number of nitrogens with one attached hydrogen (secondary N) is 1.